The first kappa shape index (κ1) is 13.6. The van der Waals surface area contributed by atoms with Gasteiger partial charge < -0.3 is 9.64 Å². The lowest BCUT2D eigenvalue weighted by Crippen LogP contribution is -2.28. The standard InChI is InChI=1S/C14H18INO2/c1-9(2)18-13-7-4-10(8-12(13)15)14(17)16(3)11-5-6-11/h4,7-9,11H,5-6H2,1-3H3. The maximum Gasteiger partial charge on any atom is 0.253 e. The fraction of sp³-hybridized carbons (Fsp3) is 0.500. The van der Waals surface area contributed by atoms with E-state index in [9.17, 15) is 4.79 Å². The molecule has 1 aliphatic rings. The number of halogens is 1. The molecule has 3 nitrogen and oxygen atoms in total. The molecular formula is C14H18INO2. The fourth-order valence-electron chi connectivity index (χ4n) is 1.81. The topological polar surface area (TPSA) is 29.5 Å². The average Bonchev–Trinajstić information content (AvgIpc) is 3.13. The first-order chi connectivity index (χ1) is 8.49. The van der Waals surface area contributed by atoms with Crippen molar-refractivity contribution in [2.75, 3.05) is 7.05 Å². The van der Waals surface area contributed by atoms with Crippen LogP contribution in [0.4, 0.5) is 0 Å². The van der Waals surface area contributed by atoms with Crippen LogP contribution >= 0.6 is 22.6 Å². The van der Waals surface area contributed by atoms with Crippen LogP contribution in [0.1, 0.15) is 37.0 Å². The van der Waals surface area contributed by atoms with E-state index in [1.807, 2.05) is 44.0 Å². The molecule has 2 rings (SSSR count). The zero-order valence-corrected chi connectivity index (χ0v) is 13.1. The van der Waals surface area contributed by atoms with Gasteiger partial charge in [0.15, 0.2) is 0 Å². The van der Waals surface area contributed by atoms with Crippen molar-refractivity contribution in [2.45, 2.75) is 38.8 Å². The van der Waals surface area contributed by atoms with Gasteiger partial charge in [0.05, 0.1) is 9.67 Å². The third-order valence-electron chi connectivity index (χ3n) is 2.96. The highest BCUT2D eigenvalue weighted by Crippen LogP contribution is 2.28. The molecule has 1 aliphatic carbocycles. The number of nitrogens with zero attached hydrogens (tertiary/aromatic N) is 1. The highest BCUT2D eigenvalue weighted by atomic mass is 127. The summed E-state index contributed by atoms with van der Waals surface area (Å²) in [6.07, 6.45) is 2.41. The van der Waals surface area contributed by atoms with Crippen molar-refractivity contribution in [1.29, 1.82) is 0 Å². The Morgan fingerprint density at radius 3 is 2.61 bits per heavy atom. The molecular weight excluding hydrogens is 341 g/mol. The van der Waals surface area contributed by atoms with Gasteiger partial charge in [0.2, 0.25) is 0 Å². The lowest BCUT2D eigenvalue weighted by atomic mass is 10.2. The molecule has 0 aliphatic heterocycles. The van der Waals surface area contributed by atoms with E-state index in [-0.39, 0.29) is 12.0 Å². The van der Waals surface area contributed by atoms with Gasteiger partial charge in [-0.25, -0.2) is 0 Å². The van der Waals surface area contributed by atoms with Gasteiger partial charge in [0.25, 0.3) is 5.91 Å². The molecule has 1 fully saturated rings. The van der Waals surface area contributed by atoms with Crippen LogP contribution in [0.5, 0.6) is 5.75 Å². The average molecular weight is 359 g/mol. The van der Waals surface area contributed by atoms with Crippen LogP contribution in [0.2, 0.25) is 0 Å². The second-order valence-corrected chi connectivity index (χ2v) is 6.12. The van der Waals surface area contributed by atoms with Crippen molar-refractivity contribution in [3.63, 3.8) is 0 Å². The quantitative estimate of drug-likeness (QED) is 0.772. The molecule has 98 valence electrons. The van der Waals surface area contributed by atoms with Crippen molar-refractivity contribution < 1.29 is 9.53 Å². The molecule has 1 saturated carbocycles. The monoisotopic (exact) mass is 359 g/mol. The Kier molecular flexibility index (Phi) is 4.14. The van der Waals surface area contributed by atoms with E-state index < -0.39 is 0 Å². The van der Waals surface area contributed by atoms with Crippen molar-refractivity contribution in [1.82, 2.24) is 4.90 Å². The molecule has 0 N–H and O–H groups in total. The minimum Gasteiger partial charge on any atom is -0.490 e. The van der Waals surface area contributed by atoms with Gasteiger partial charge in [-0.3, -0.25) is 4.79 Å². The summed E-state index contributed by atoms with van der Waals surface area (Å²) in [7, 11) is 1.88. The highest BCUT2D eigenvalue weighted by Gasteiger charge is 2.30. The number of carbonyl (C=O) groups is 1. The van der Waals surface area contributed by atoms with E-state index in [0.29, 0.717) is 6.04 Å². The summed E-state index contributed by atoms with van der Waals surface area (Å²) in [5, 5.41) is 0. The van der Waals surface area contributed by atoms with Gasteiger partial charge in [-0.15, -0.1) is 0 Å². The van der Waals surface area contributed by atoms with Gasteiger partial charge in [-0.05, 0) is 67.5 Å². The van der Waals surface area contributed by atoms with Gasteiger partial charge in [0.1, 0.15) is 5.75 Å². The van der Waals surface area contributed by atoms with Crippen LogP contribution in [0, 0.1) is 3.57 Å². The number of rotatable bonds is 4. The number of benzene rings is 1. The van der Waals surface area contributed by atoms with Crippen LogP contribution < -0.4 is 4.74 Å². The van der Waals surface area contributed by atoms with Gasteiger partial charge in [-0.1, -0.05) is 0 Å². The molecule has 0 saturated heterocycles. The molecule has 1 amide bonds. The Morgan fingerprint density at radius 1 is 1.44 bits per heavy atom. The van der Waals surface area contributed by atoms with Crippen molar-refractivity contribution in [3.05, 3.63) is 27.3 Å². The smallest absolute Gasteiger partial charge is 0.253 e. The lowest BCUT2D eigenvalue weighted by molar-refractivity contribution is 0.0785. The number of carbonyl (C=O) groups excluding carboxylic acids is 1. The molecule has 0 heterocycles. The second kappa shape index (κ2) is 5.47. The third-order valence-corrected chi connectivity index (χ3v) is 3.80. The molecule has 0 radical (unpaired) electrons. The molecule has 18 heavy (non-hydrogen) atoms. The number of ether oxygens (including phenoxy) is 1. The molecule has 4 heteroatoms. The summed E-state index contributed by atoms with van der Waals surface area (Å²) in [6, 6.07) is 6.08. The Hall–Kier alpha value is -0.780. The minimum atomic E-state index is 0.103. The minimum absolute atomic E-state index is 0.103. The van der Waals surface area contributed by atoms with E-state index >= 15 is 0 Å². The third kappa shape index (κ3) is 3.16. The first-order valence-electron chi connectivity index (χ1n) is 6.22. The largest absolute Gasteiger partial charge is 0.490 e. The number of amides is 1. The Bertz CT molecular complexity index is 455. The summed E-state index contributed by atoms with van der Waals surface area (Å²) in [5.74, 6) is 0.947. The van der Waals surface area contributed by atoms with Crippen LogP contribution in [-0.4, -0.2) is 30.0 Å². The van der Waals surface area contributed by atoms with Crippen molar-refractivity contribution in [2.24, 2.45) is 0 Å². The zero-order chi connectivity index (χ0) is 13.3. The van der Waals surface area contributed by atoms with E-state index in [0.717, 1.165) is 27.7 Å². The van der Waals surface area contributed by atoms with Crippen molar-refractivity contribution >= 4 is 28.5 Å². The molecule has 1 aromatic rings. The van der Waals surface area contributed by atoms with Gasteiger partial charge >= 0.3 is 0 Å². The van der Waals surface area contributed by atoms with E-state index in [4.69, 9.17) is 4.74 Å². The summed E-state index contributed by atoms with van der Waals surface area (Å²) in [5.41, 5.74) is 0.741. The van der Waals surface area contributed by atoms with E-state index in [2.05, 4.69) is 22.6 Å². The molecule has 0 aromatic heterocycles. The van der Waals surface area contributed by atoms with Crippen LogP contribution in [0.3, 0.4) is 0 Å². The maximum absolute atomic E-state index is 12.2. The molecule has 0 spiro atoms. The summed E-state index contributed by atoms with van der Waals surface area (Å²) in [4.78, 5) is 14.0. The molecule has 0 unspecified atom stereocenters. The first-order valence-corrected chi connectivity index (χ1v) is 7.30. The van der Waals surface area contributed by atoms with Crippen LogP contribution in [0.25, 0.3) is 0 Å². The predicted molar refractivity (Wildman–Crippen MR) is 80.0 cm³/mol. The SMILES string of the molecule is CC(C)Oc1ccc(C(=O)N(C)C2CC2)cc1I. The normalized spacial score (nSPS) is 14.7. The zero-order valence-electron chi connectivity index (χ0n) is 10.9. The Labute approximate surface area is 122 Å². The van der Waals surface area contributed by atoms with E-state index in [1.165, 1.54) is 0 Å². The highest BCUT2D eigenvalue weighted by molar-refractivity contribution is 14.1. The van der Waals surface area contributed by atoms with Gasteiger partial charge in [-0.2, -0.15) is 0 Å². The summed E-state index contributed by atoms with van der Waals surface area (Å²) >= 11 is 2.21. The van der Waals surface area contributed by atoms with Crippen LogP contribution in [0.15, 0.2) is 18.2 Å². The maximum atomic E-state index is 12.2. The van der Waals surface area contributed by atoms with Gasteiger partial charge in [0, 0.05) is 18.7 Å². The van der Waals surface area contributed by atoms with E-state index in [1.54, 1.807) is 0 Å². The predicted octanol–water partition coefficient (Wildman–Crippen LogP) is 3.31. The Balaban J connectivity index is 2.14. The Morgan fingerprint density at radius 2 is 2.11 bits per heavy atom. The lowest BCUT2D eigenvalue weighted by Gasteiger charge is -2.17. The van der Waals surface area contributed by atoms with Crippen molar-refractivity contribution in [3.8, 4) is 5.75 Å². The molecule has 0 atom stereocenters. The summed E-state index contributed by atoms with van der Waals surface area (Å²) < 4.78 is 6.65. The summed E-state index contributed by atoms with van der Waals surface area (Å²) in [6.45, 7) is 3.99. The molecule has 0 bridgehead atoms. The fourth-order valence-corrected chi connectivity index (χ4v) is 2.46. The number of hydrogen-bond donors (Lipinski definition) is 0. The molecule has 1 aromatic carbocycles. The van der Waals surface area contributed by atoms with Crippen LogP contribution in [-0.2, 0) is 0 Å². The second-order valence-electron chi connectivity index (χ2n) is 4.96. The number of hydrogen-bond acceptors (Lipinski definition) is 2.